The van der Waals surface area contributed by atoms with Crippen LogP contribution in [0.5, 0.6) is 0 Å². The van der Waals surface area contributed by atoms with Gasteiger partial charge in [-0.25, -0.2) is 0 Å². The zero-order valence-electron chi connectivity index (χ0n) is 30.6. The highest BCUT2D eigenvalue weighted by Crippen LogP contribution is 2.51. The first-order valence-electron chi connectivity index (χ1n) is 18.1. The summed E-state index contributed by atoms with van der Waals surface area (Å²) in [6.45, 7) is 14.1. The number of anilines is 2. The number of hydrogen-bond acceptors (Lipinski definition) is 2. The summed E-state index contributed by atoms with van der Waals surface area (Å²) in [6.07, 6.45) is 5.70. The van der Waals surface area contributed by atoms with Gasteiger partial charge in [-0.1, -0.05) is 143 Å². The number of para-hydroxylation sites is 1. The van der Waals surface area contributed by atoms with Crippen molar-refractivity contribution in [1.82, 2.24) is 4.57 Å². The molecule has 3 heteroatoms. The highest BCUT2D eigenvalue weighted by Gasteiger charge is 2.36. The van der Waals surface area contributed by atoms with Gasteiger partial charge in [0.2, 0.25) is 0 Å². The quantitative estimate of drug-likeness (QED) is 0.189. The molecule has 1 aliphatic heterocycles. The summed E-state index contributed by atoms with van der Waals surface area (Å²) in [4.78, 5) is 2.34. The topological polar surface area (TPSA) is 20.2 Å². The lowest BCUT2D eigenvalue weighted by atomic mass is 9.82. The first kappa shape index (κ1) is 33.7. The van der Waals surface area contributed by atoms with Crippen LogP contribution < -0.4 is 10.2 Å². The van der Waals surface area contributed by atoms with E-state index in [1.807, 2.05) is 32.9 Å². The number of nitrogens with one attached hydrogen (secondary N) is 1. The van der Waals surface area contributed by atoms with E-state index in [-0.39, 0.29) is 11.6 Å². The molecule has 254 valence electrons. The van der Waals surface area contributed by atoms with Crippen LogP contribution in [0.1, 0.15) is 57.5 Å². The average molecular weight is 666 g/mol. The van der Waals surface area contributed by atoms with Gasteiger partial charge in [-0.05, 0) is 88.3 Å². The first-order valence-corrected chi connectivity index (χ1v) is 18.1. The zero-order chi connectivity index (χ0) is 35.7. The number of fused-ring (bicyclic) bond motifs is 7. The second kappa shape index (κ2) is 13.8. The smallest absolute Gasteiger partial charge is 0.125 e. The second-order valence-corrected chi connectivity index (χ2v) is 13.6. The molecule has 3 nitrogen and oxygen atoms in total. The summed E-state index contributed by atoms with van der Waals surface area (Å²) < 4.78 is 2.45. The molecule has 51 heavy (non-hydrogen) atoms. The summed E-state index contributed by atoms with van der Waals surface area (Å²) in [6, 6.07) is 49.1. The largest absolute Gasteiger partial charge is 0.360 e. The fourth-order valence-electron chi connectivity index (χ4n) is 7.85. The SMILES string of the molecule is C=C/C=C\C.CC.CN1c2cc(-c3cccc(-n4c5ccccc5c5cc6c(cc54)-c4ccccc4C6(C)C)c3)ccc2NC1c1ccccc1. The molecule has 1 N–H and O–H groups in total. The number of allylic oxidation sites excluding steroid dienone is 3. The Balaban J connectivity index is 0.000000537. The third kappa shape index (κ3) is 5.73. The summed E-state index contributed by atoms with van der Waals surface area (Å²) >= 11 is 0. The summed E-state index contributed by atoms with van der Waals surface area (Å²) in [5, 5.41) is 6.31. The molecule has 0 saturated heterocycles. The Morgan fingerprint density at radius 2 is 1.39 bits per heavy atom. The van der Waals surface area contributed by atoms with Crippen LogP contribution in [0.15, 0.2) is 158 Å². The molecular formula is C48H47N3. The van der Waals surface area contributed by atoms with E-state index in [1.165, 1.54) is 77.8 Å². The van der Waals surface area contributed by atoms with Gasteiger partial charge in [0.15, 0.2) is 0 Å². The summed E-state index contributed by atoms with van der Waals surface area (Å²) in [7, 11) is 2.17. The van der Waals surface area contributed by atoms with Crippen LogP contribution in [0, 0.1) is 0 Å². The van der Waals surface area contributed by atoms with E-state index in [2.05, 4.69) is 176 Å². The van der Waals surface area contributed by atoms with Crippen molar-refractivity contribution in [3.63, 3.8) is 0 Å². The molecule has 0 bridgehead atoms. The fraction of sp³-hybridized carbons (Fsp3) is 0.167. The van der Waals surface area contributed by atoms with Crippen molar-refractivity contribution in [2.75, 3.05) is 17.3 Å². The Kier molecular flexibility index (Phi) is 9.14. The van der Waals surface area contributed by atoms with Gasteiger partial charge in [0.25, 0.3) is 0 Å². The highest BCUT2D eigenvalue weighted by atomic mass is 15.3. The van der Waals surface area contributed by atoms with Crippen LogP contribution in [0.3, 0.4) is 0 Å². The van der Waals surface area contributed by atoms with E-state index in [0.717, 1.165) is 0 Å². The minimum atomic E-state index is -0.0294. The maximum atomic E-state index is 3.71. The lowest BCUT2D eigenvalue weighted by Crippen LogP contribution is -2.23. The van der Waals surface area contributed by atoms with E-state index in [0.29, 0.717) is 0 Å². The molecule has 1 aliphatic carbocycles. The van der Waals surface area contributed by atoms with Crippen LogP contribution in [-0.2, 0) is 5.41 Å². The average Bonchev–Trinajstić information content (AvgIpc) is 3.77. The van der Waals surface area contributed by atoms with Crippen LogP contribution in [0.2, 0.25) is 0 Å². The van der Waals surface area contributed by atoms with Crippen LogP contribution in [0.4, 0.5) is 11.4 Å². The van der Waals surface area contributed by atoms with Crippen molar-refractivity contribution in [3.8, 4) is 27.9 Å². The lowest BCUT2D eigenvalue weighted by molar-refractivity contribution is 0.661. The molecule has 2 heterocycles. The third-order valence-electron chi connectivity index (χ3n) is 10.3. The van der Waals surface area contributed by atoms with Gasteiger partial charge in [-0.2, -0.15) is 0 Å². The van der Waals surface area contributed by atoms with Crippen molar-refractivity contribution in [3.05, 3.63) is 175 Å². The molecule has 0 radical (unpaired) electrons. The molecule has 0 saturated carbocycles. The zero-order valence-corrected chi connectivity index (χ0v) is 30.6. The molecule has 7 aromatic rings. The number of benzene rings is 6. The lowest BCUT2D eigenvalue weighted by Gasteiger charge is -2.22. The Bertz CT molecular complexity index is 2390. The number of nitrogens with zero attached hydrogens (tertiary/aromatic N) is 2. The summed E-state index contributed by atoms with van der Waals surface area (Å²) in [5.74, 6) is 0. The monoisotopic (exact) mass is 665 g/mol. The minimum Gasteiger partial charge on any atom is -0.360 e. The van der Waals surface area contributed by atoms with Gasteiger partial charge >= 0.3 is 0 Å². The van der Waals surface area contributed by atoms with E-state index in [1.54, 1.807) is 6.08 Å². The van der Waals surface area contributed by atoms with Crippen LogP contribution >= 0.6 is 0 Å². The highest BCUT2D eigenvalue weighted by molar-refractivity contribution is 6.11. The Labute approximate surface area is 303 Å². The molecule has 0 amide bonds. The van der Waals surface area contributed by atoms with Crippen LogP contribution in [-0.4, -0.2) is 11.6 Å². The maximum absolute atomic E-state index is 3.71. The van der Waals surface area contributed by atoms with Crippen molar-refractivity contribution in [2.45, 2.75) is 46.2 Å². The number of rotatable bonds is 4. The molecule has 0 fully saturated rings. The number of aromatic nitrogens is 1. The van der Waals surface area contributed by atoms with Crippen molar-refractivity contribution < 1.29 is 0 Å². The minimum absolute atomic E-state index is 0.0294. The van der Waals surface area contributed by atoms with Gasteiger partial charge < -0.3 is 14.8 Å². The maximum Gasteiger partial charge on any atom is 0.125 e. The van der Waals surface area contributed by atoms with Crippen molar-refractivity contribution in [1.29, 1.82) is 0 Å². The van der Waals surface area contributed by atoms with E-state index in [9.17, 15) is 0 Å². The van der Waals surface area contributed by atoms with E-state index < -0.39 is 0 Å². The predicted octanol–water partition coefficient (Wildman–Crippen LogP) is 13.1. The molecule has 0 spiro atoms. The van der Waals surface area contributed by atoms with Gasteiger partial charge in [0, 0.05) is 28.9 Å². The Hall–Kier alpha value is -5.80. The van der Waals surface area contributed by atoms with Crippen molar-refractivity contribution >= 4 is 33.2 Å². The third-order valence-corrected chi connectivity index (χ3v) is 10.3. The molecule has 1 aromatic heterocycles. The normalized spacial score (nSPS) is 14.9. The van der Waals surface area contributed by atoms with Gasteiger partial charge in [-0.15, -0.1) is 0 Å². The Morgan fingerprint density at radius 3 is 2.16 bits per heavy atom. The van der Waals surface area contributed by atoms with E-state index >= 15 is 0 Å². The Morgan fingerprint density at radius 1 is 0.667 bits per heavy atom. The first-order chi connectivity index (χ1) is 24.9. The van der Waals surface area contributed by atoms with Gasteiger partial charge in [0.1, 0.15) is 6.17 Å². The fourth-order valence-corrected chi connectivity index (χ4v) is 7.85. The second-order valence-electron chi connectivity index (χ2n) is 13.6. The van der Waals surface area contributed by atoms with Gasteiger partial charge in [-0.3, -0.25) is 0 Å². The van der Waals surface area contributed by atoms with Gasteiger partial charge in [0.05, 0.1) is 22.4 Å². The molecule has 1 atom stereocenters. The molecule has 6 aromatic carbocycles. The summed E-state index contributed by atoms with van der Waals surface area (Å²) in [5.41, 5.74) is 15.2. The molecular weight excluding hydrogens is 619 g/mol. The molecule has 9 rings (SSSR count). The standard InChI is InChI=1S/C41H33N3.C5H8.C2H6/c1-41(2)34-18-9-7-16-30(34)32-25-38-33(24-35(32)41)31-17-8-10-19-37(31)44(38)29-15-11-14-27(22-29)28-20-21-36-39(23-28)43(3)40(42-36)26-12-5-4-6-13-26;1-3-5-4-2;1-2/h4-25,40,42H,1-3H3;3-5H,1H2,2H3;1-2H3/b;5-4-;. The molecule has 2 aliphatic rings. The molecule has 1 unspecified atom stereocenters. The van der Waals surface area contributed by atoms with E-state index in [4.69, 9.17) is 0 Å². The number of hydrogen-bond donors (Lipinski definition) is 1. The van der Waals surface area contributed by atoms with Crippen LogP contribution in [0.25, 0.3) is 49.7 Å². The van der Waals surface area contributed by atoms with Crippen molar-refractivity contribution in [2.24, 2.45) is 0 Å². The predicted molar refractivity (Wildman–Crippen MR) is 221 cm³/mol.